The summed E-state index contributed by atoms with van der Waals surface area (Å²) in [4.78, 5) is 22.3. The number of nitrogens with one attached hydrogen (secondary N) is 2. The molecule has 0 aliphatic heterocycles. The zero-order valence-electron chi connectivity index (χ0n) is 13.8. The van der Waals surface area contributed by atoms with Crippen LogP contribution in [-0.2, 0) is 4.84 Å². The van der Waals surface area contributed by atoms with Gasteiger partial charge in [0.15, 0.2) is 0 Å². The summed E-state index contributed by atoms with van der Waals surface area (Å²) in [5.74, 6) is -0.325. The van der Waals surface area contributed by atoms with Crippen LogP contribution in [0.2, 0.25) is 0 Å². The van der Waals surface area contributed by atoms with Crippen molar-refractivity contribution in [1.29, 1.82) is 0 Å². The van der Waals surface area contributed by atoms with Crippen LogP contribution in [0.15, 0.2) is 42.7 Å². The highest BCUT2D eigenvalue weighted by Crippen LogP contribution is 2.37. The molecule has 0 aliphatic carbocycles. The van der Waals surface area contributed by atoms with E-state index in [4.69, 9.17) is 9.94 Å². The Balaban J connectivity index is 1.89. The fourth-order valence-corrected chi connectivity index (χ4v) is 3.32. The Labute approximate surface area is 149 Å². The summed E-state index contributed by atoms with van der Waals surface area (Å²) in [6.45, 7) is 2.30. The summed E-state index contributed by atoms with van der Waals surface area (Å²) in [7, 11) is 0. The number of thiophene rings is 1. The average molecular weight is 357 g/mol. The van der Waals surface area contributed by atoms with Crippen LogP contribution in [0, 0.1) is 6.92 Å². The summed E-state index contributed by atoms with van der Waals surface area (Å²) in [5, 5.41) is 13.0. The number of benzene rings is 1. The van der Waals surface area contributed by atoms with Gasteiger partial charge in [0.25, 0.3) is 5.91 Å². The zero-order valence-corrected chi connectivity index (χ0v) is 14.6. The first-order valence-electron chi connectivity index (χ1n) is 7.92. The summed E-state index contributed by atoms with van der Waals surface area (Å²) in [6.07, 6.45) is 3.91. The zero-order chi connectivity index (χ0) is 17.6. The van der Waals surface area contributed by atoms with Crippen LogP contribution in [-0.4, -0.2) is 29.2 Å². The van der Waals surface area contributed by atoms with Gasteiger partial charge in [-0.25, -0.2) is 5.48 Å². The maximum Gasteiger partial charge on any atom is 0.287 e. The topological polar surface area (TPSA) is 83.5 Å². The third-order valence-electron chi connectivity index (χ3n) is 3.59. The molecule has 0 saturated carbocycles. The summed E-state index contributed by atoms with van der Waals surface area (Å²) >= 11 is 1.37. The van der Waals surface area contributed by atoms with Gasteiger partial charge in [0.1, 0.15) is 4.88 Å². The van der Waals surface area contributed by atoms with Gasteiger partial charge >= 0.3 is 0 Å². The van der Waals surface area contributed by atoms with Crippen LogP contribution in [0.5, 0.6) is 0 Å². The van der Waals surface area contributed by atoms with Gasteiger partial charge in [-0.1, -0.05) is 17.7 Å². The fourth-order valence-electron chi connectivity index (χ4n) is 2.31. The summed E-state index contributed by atoms with van der Waals surface area (Å²) in [6, 6.07) is 9.83. The lowest BCUT2D eigenvalue weighted by Gasteiger charge is -2.09. The molecule has 0 atom stereocenters. The van der Waals surface area contributed by atoms with E-state index < -0.39 is 0 Å². The molecule has 0 saturated heterocycles. The molecule has 2 aromatic heterocycles. The van der Waals surface area contributed by atoms with Crippen molar-refractivity contribution in [3.05, 3.63) is 53.2 Å². The van der Waals surface area contributed by atoms with Gasteiger partial charge in [-0.3, -0.25) is 14.6 Å². The van der Waals surface area contributed by atoms with E-state index in [1.165, 1.54) is 11.3 Å². The van der Waals surface area contributed by atoms with E-state index in [-0.39, 0.29) is 19.1 Å². The van der Waals surface area contributed by atoms with E-state index in [9.17, 15) is 4.79 Å². The lowest BCUT2D eigenvalue weighted by atomic mass is 10.2. The molecule has 3 N–H and O–H groups in total. The Morgan fingerprint density at radius 3 is 2.84 bits per heavy atom. The first kappa shape index (κ1) is 17.3. The number of amides is 1. The van der Waals surface area contributed by atoms with Gasteiger partial charge in [-0.15, -0.1) is 11.3 Å². The van der Waals surface area contributed by atoms with E-state index in [0.717, 1.165) is 21.3 Å². The number of aryl methyl sites for hydroxylation is 1. The molecule has 0 aliphatic rings. The average Bonchev–Trinajstić information content (AvgIpc) is 2.99. The van der Waals surface area contributed by atoms with Gasteiger partial charge in [-0.05, 0) is 31.5 Å². The number of pyridine rings is 1. The third kappa shape index (κ3) is 4.14. The number of nitrogens with zero attached hydrogens (tertiary/aromatic N) is 1. The molecule has 0 bridgehead atoms. The standard InChI is InChI=1S/C18H19N3O3S/c1-12-3-5-13(6-4-12)20-16-14-11-19-8-7-15(14)25-17(16)18(23)21-24-10-2-9-22/h3-8,11,20,22H,2,9-10H2,1H3,(H,21,23). The molecule has 0 radical (unpaired) electrons. The number of aliphatic hydroxyl groups is 1. The quantitative estimate of drug-likeness (QED) is 0.446. The van der Waals surface area contributed by atoms with Crippen molar-refractivity contribution < 1.29 is 14.7 Å². The second kappa shape index (κ2) is 8.06. The number of rotatable bonds is 7. The van der Waals surface area contributed by atoms with Gasteiger partial charge < -0.3 is 10.4 Å². The number of anilines is 2. The highest BCUT2D eigenvalue weighted by Gasteiger charge is 2.19. The number of carbonyl (C=O) groups excluding carboxylic acids is 1. The lowest BCUT2D eigenvalue weighted by Crippen LogP contribution is -2.24. The molecular formula is C18H19N3O3S. The lowest BCUT2D eigenvalue weighted by molar-refractivity contribution is 0.0266. The summed E-state index contributed by atoms with van der Waals surface area (Å²) < 4.78 is 0.963. The molecule has 25 heavy (non-hydrogen) atoms. The Morgan fingerprint density at radius 1 is 1.28 bits per heavy atom. The first-order valence-corrected chi connectivity index (χ1v) is 8.74. The first-order chi connectivity index (χ1) is 12.2. The van der Waals surface area contributed by atoms with Crippen molar-refractivity contribution in [2.24, 2.45) is 0 Å². The number of hydrogen-bond donors (Lipinski definition) is 3. The maximum absolute atomic E-state index is 12.5. The third-order valence-corrected chi connectivity index (χ3v) is 4.76. The molecule has 6 nitrogen and oxygen atoms in total. The molecular weight excluding hydrogens is 338 g/mol. The number of aliphatic hydroxyl groups excluding tert-OH is 1. The predicted octanol–water partition coefficient (Wildman–Crippen LogP) is 3.39. The highest BCUT2D eigenvalue weighted by atomic mass is 32.1. The molecule has 3 rings (SSSR count). The van der Waals surface area contributed by atoms with E-state index in [1.807, 2.05) is 37.3 Å². The van der Waals surface area contributed by atoms with Crippen molar-refractivity contribution in [2.75, 3.05) is 18.5 Å². The van der Waals surface area contributed by atoms with Crippen LogP contribution in [0.1, 0.15) is 21.7 Å². The smallest absolute Gasteiger partial charge is 0.287 e. The number of fused-ring (bicyclic) bond motifs is 1. The van der Waals surface area contributed by atoms with Crippen molar-refractivity contribution in [3.63, 3.8) is 0 Å². The minimum absolute atomic E-state index is 0.0185. The van der Waals surface area contributed by atoms with Gasteiger partial charge in [0.2, 0.25) is 0 Å². The highest BCUT2D eigenvalue weighted by molar-refractivity contribution is 7.21. The van der Waals surface area contributed by atoms with Gasteiger partial charge in [-0.2, -0.15) is 0 Å². The maximum atomic E-state index is 12.5. The van der Waals surface area contributed by atoms with E-state index in [0.29, 0.717) is 17.0 Å². The Hall–Kier alpha value is -2.48. The number of carbonyl (C=O) groups is 1. The normalized spacial score (nSPS) is 10.8. The van der Waals surface area contributed by atoms with E-state index in [1.54, 1.807) is 12.4 Å². The predicted molar refractivity (Wildman–Crippen MR) is 99.2 cm³/mol. The van der Waals surface area contributed by atoms with Crippen LogP contribution in [0.3, 0.4) is 0 Å². The van der Waals surface area contributed by atoms with E-state index in [2.05, 4.69) is 15.8 Å². The largest absolute Gasteiger partial charge is 0.396 e. The number of aromatic nitrogens is 1. The molecule has 0 fully saturated rings. The van der Waals surface area contributed by atoms with Crippen molar-refractivity contribution in [2.45, 2.75) is 13.3 Å². The monoisotopic (exact) mass is 357 g/mol. The Morgan fingerprint density at radius 2 is 2.08 bits per heavy atom. The molecule has 0 unspecified atom stereocenters. The van der Waals surface area contributed by atoms with Crippen LogP contribution < -0.4 is 10.8 Å². The van der Waals surface area contributed by atoms with Gasteiger partial charge in [0.05, 0.1) is 12.3 Å². The van der Waals surface area contributed by atoms with Crippen LogP contribution in [0.4, 0.5) is 11.4 Å². The SMILES string of the molecule is Cc1ccc(Nc2c(C(=O)NOCCCO)sc3ccncc23)cc1. The minimum atomic E-state index is -0.325. The molecule has 0 spiro atoms. The molecule has 1 aromatic carbocycles. The molecule has 130 valence electrons. The summed E-state index contributed by atoms with van der Waals surface area (Å²) in [5.41, 5.74) is 5.20. The van der Waals surface area contributed by atoms with Crippen molar-refractivity contribution >= 4 is 38.7 Å². The van der Waals surface area contributed by atoms with Crippen LogP contribution >= 0.6 is 11.3 Å². The Bertz CT molecular complexity index is 862. The molecule has 3 aromatic rings. The van der Waals surface area contributed by atoms with Crippen molar-refractivity contribution in [3.8, 4) is 0 Å². The Kier molecular flexibility index (Phi) is 5.60. The van der Waals surface area contributed by atoms with Crippen molar-refractivity contribution in [1.82, 2.24) is 10.5 Å². The molecule has 1 amide bonds. The minimum Gasteiger partial charge on any atom is -0.396 e. The molecule has 2 heterocycles. The van der Waals surface area contributed by atoms with Crippen LogP contribution in [0.25, 0.3) is 10.1 Å². The van der Waals surface area contributed by atoms with Gasteiger partial charge in [0, 0.05) is 34.8 Å². The second-order valence-electron chi connectivity index (χ2n) is 5.53. The molecule has 7 heteroatoms. The number of hydroxylamine groups is 1. The number of hydrogen-bond acceptors (Lipinski definition) is 6. The fraction of sp³-hybridized carbons (Fsp3) is 0.222. The second-order valence-corrected chi connectivity index (χ2v) is 6.58. The van der Waals surface area contributed by atoms with E-state index >= 15 is 0 Å².